The summed E-state index contributed by atoms with van der Waals surface area (Å²) in [5.41, 5.74) is 0.952. The number of aromatic nitrogens is 4. The minimum atomic E-state index is -0.265. The van der Waals surface area contributed by atoms with Gasteiger partial charge < -0.3 is 14.4 Å². The minimum Gasteiger partial charge on any atom is -0.454 e. The highest BCUT2D eigenvalue weighted by Crippen LogP contribution is 2.32. The van der Waals surface area contributed by atoms with Gasteiger partial charge in [0.1, 0.15) is 0 Å². The van der Waals surface area contributed by atoms with Gasteiger partial charge in [-0.3, -0.25) is 4.79 Å². The molecule has 20 heavy (non-hydrogen) atoms. The molecule has 0 unspecified atom stereocenters. The lowest BCUT2D eigenvalue weighted by Crippen LogP contribution is -2.31. The topological polar surface area (TPSA) is 93.2 Å². The number of tetrazole rings is 1. The molecular weight excluding hydrogens is 262 g/mol. The first-order valence-electron chi connectivity index (χ1n) is 6.19. The third-order valence-electron chi connectivity index (χ3n) is 3.02. The van der Waals surface area contributed by atoms with Crippen molar-refractivity contribution in [1.29, 1.82) is 0 Å². The summed E-state index contributed by atoms with van der Waals surface area (Å²) in [6.45, 7) is 3.12. The Morgan fingerprint density at radius 3 is 3.00 bits per heavy atom. The van der Waals surface area contributed by atoms with E-state index in [1.54, 1.807) is 4.90 Å². The van der Waals surface area contributed by atoms with Gasteiger partial charge in [0.05, 0.1) is 0 Å². The molecule has 0 aliphatic carbocycles. The Labute approximate surface area is 114 Å². The number of hydrogen-bond acceptors (Lipinski definition) is 6. The number of carbonyl (C=O) groups is 1. The summed E-state index contributed by atoms with van der Waals surface area (Å²) >= 11 is 0. The molecular formula is C12H13N5O3. The van der Waals surface area contributed by atoms with Gasteiger partial charge in [-0.1, -0.05) is 6.07 Å². The SMILES string of the molecule is CCN(Cc1ccc2c(c1)OCO2)C(=O)c1nn[nH]n1. The van der Waals surface area contributed by atoms with E-state index >= 15 is 0 Å². The Bertz CT molecular complexity index is 614. The highest BCUT2D eigenvalue weighted by molar-refractivity contribution is 5.90. The normalized spacial score (nSPS) is 12.4. The van der Waals surface area contributed by atoms with Crippen molar-refractivity contribution in [2.24, 2.45) is 0 Å². The summed E-state index contributed by atoms with van der Waals surface area (Å²) in [6.07, 6.45) is 0. The Hall–Kier alpha value is -2.64. The fourth-order valence-electron chi connectivity index (χ4n) is 1.98. The molecule has 8 nitrogen and oxygen atoms in total. The van der Waals surface area contributed by atoms with Crippen molar-refractivity contribution in [3.8, 4) is 11.5 Å². The standard InChI is InChI=1S/C12H13N5O3/c1-2-17(12(18)11-13-15-16-14-11)6-8-3-4-9-10(5-8)20-7-19-9/h3-5H,2,6-7H2,1H3,(H,13,14,15,16). The molecule has 8 heteroatoms. The summed E-state index contributed by atoms with van der Waals surface area (Å²) in [7, 11) is 0. The van der Waals surface area contributed by atoms with E-state index in [-0.39, 0.29) is 18.5 Å². The van der Waals surface area contributed by atoms with Gasteiger partial charge in [-0.25, -0.2) is 0 Å². The number of ether oxygens (including phenoxy) is 2. The lowest BCUT2D eigenvalue weighted by atomic mass is 10.2. The van der Waals surface area contributed by atoms with E-state index in [0.717, 1.165) is 11.3 Å². The van der Waals surface area contributed by atoms with E-state index in [2.05, 4.69) is 20.6 Å². The number of aromatic amines is 1. The van der Waals surface area contributed by atoms with Gasteiger partial charge in [0.15, 0.2) is 11.5 Å². The van der Waals surface area contributed by atoms with Gasteiger partial charge in [0.2, 0.25) is 6.79 Å². The molecule has 0 spiro atoms. The minimum absolute atomic E-state index is 0.0626. The predicted molar refractivity (Wildman–Crippen MR) is 67.2 cm³/mol. The van der Waals surface area contributed by atoms with Crippen LogP contribution in [0.5, 0.6) is 11.5 Å². The largest absolute Gasteiger partial charge is 0.454 e. The van der Waals surface area contributed by atoms with Crippen LogP contribution in [-0.2, 0) is 6.54 Å². The van der Waals surface area contributed by atoms with Crippen molar-refractivity contribution >= 4 is 5.91 Å². The first-order valence-corrected chi connectivity index (χ1v) is 6.19. The summed E-state index contributed by atoms with van der Waals surface area (Å²) in [5, 5.41) is 13.1. The van der Waals surface area contributed by atoms with Crippen LogP contribution in [0.2, 0.25) is 0 Å². The quantitative estimate of drug-likeness (QED) is 0.877. The predicted octanol–water partition coefficient (Wildman–Crippen LogP) is 0.591. The molecule has 2 aromatic rings. The number of hydrogen-bond donors (Lipinski definition) is 1. The second-order valence-corrected chi connectivity index (χ2v) is 4.24. The molecule has 0 atom stereocenters. The molecule has 0 bridgehead atoms. The molecule has 1 amide bonds. The second kappa shape index (κ2) is 5.16. The van der Waals surface area contributed by atoms with Crippen LogP contribution in [0, 0.1) is 0 Å². The van der Waals surface area contributed by atoms with Crippen molar-refractivity contribution in [1.82, 2.24) is 25.5 Å². The second-order valence-electron chi connectivity index (χ2n) is 4.24. The first kappa shape index (κ1) is 12.4. The summed E-state index contributed by atoms with van der Waals surface area (Å²) in [6, 6.07) is 5.61. The van der Waals surface area contributed by atoms with E-state index in [1.165, 1.54) is 0 Å². The third kappa shape index (κ3) is 2.27. The Morgan fingerprint density at radius 2 is 2.25 bits per heavy atom. The zero-order valence-electron chi connectivity index (χ0n) is 10.9. The molecule has 0 saturated carbocycles. The third-order valence-corrected chi connectivity index (χ3v) is 3.02. The van der Waals surface area contributed by atoms with Gasteiger partial charge in [0, 0.05) is 13.1 Å². The van der Waals surface area contributed by atoms with Gasteiger partial charge >= 0.3 is 0 Å². The zero-order valence-corrected chi connectivity index (χ0v) is 10.9. The molecule has 1 aliphatic rings. The summed E-state index contributed by atoms with van der Waals surface area (Å²) in [4.78, 5) is 13.8. The van der Waals surface area contributed by atoms with E-state index in [4.69, 9.17) is 9.47 Å². The van der Waals surface area contributed by atoms with Crippen LogP contribution in [0.25, 0.3) is 0 Å². The number of rotatable bonds is 4. The monoisotopic (exact) mass is 275 g/mol. The van der Waals surface area contributed by atoms with Crippen LogP contribution in [-0.4, -0.2) is 44.8 Å². The summed E-state index contributed by atoms with van der Waals surface area (Å²) in [5.74, 6) is 1.22. The van der Waals surface area contributed by atoms with Crippen molar-refractivity contribution in [2.75, 3.05) is 13.3 Å². The van der Waals surface area contributed by atoms with Gasteiger partial charge in [-0.2, -0.15) is 5.21 Å². The van der Waals surface area contributed by atoms with E-state index in [0.29, 0.717) is 18.8 Å². The molecule has 2 heterocycles. The molecule has 1 aromatic carbocycles. The molecule has 3 rings (SSSR count). The van der Waals surface area contributed by atoms with Gasteiger partial charge in [0.25, 0.3) is 11.7 Å². The fourth-order valence-corrected chi connectivity index (χ4v) is 1.98. The molecule has 1 aromatic heterocycles. The van der Waals surface area contributed by atoms with Gasteiger partial charge in [-0.15, -0.1) is 10.2 Å². The maximum atomic E-state index is 12.2. The molecule has 0 fully saturated rings. The molecule has 1 N–H and O–H groups in total. The van der Waals surface area contributed by atoms with Crippen LogP contribution in [0.4, 0.5) is 0 Å². The highest BCUT2D eigenvalue weighted by atomic mass is 16.7. The number of H-pyrrole nitrogens is 1. The van der Waals surface area contributed by atoms with E-state index < -0.39 is 0 Å². The van der Waals surface area contributed by atoms with Gasteiger partial charge in [-0.05, 0) is 29.8 Å². The number of fused-ring (bicyclic) bond motifs is 1. The van der Waals surface area contributed by atoms with Crippen LogP contribution in [0.3, 0.4) is 0 Å². The zero-order chi connectivity index (χ0) is 13.9. The van der Waals surface area contributed by atoms with E-state index in [9.17, 15) is 4.79 Å². The summed E-state index contributed by atoms with van der Waals surface area (Å²) < 4.78 is 10.6. The van der Waals surface area contributed by atoms with Crippen molar-refractivity contribution in [3.05, 3.63) is 29.6 Å². The number of carbonyl (C=O) groups excluding carboxylic acids is 1. The molecule has 104 valence electrons. The van der Waals surface area contributed by atoms with Crippen molar-refractivity contribution < 1.29 is 14.3 Å². The molecule has 1 aliphatic heterocycles. The highest BCUT2D eigenvalue weighted by Gasteiger charge is 2.20. The Balaban J connectivity index is 1.76. The van der Waals surface area contributed by atoms with Crippen LogP contribution < -0.4 is 9.47 Å². The van der Waals surface area contributed by atoms with Crippen LogP contribution in [0.15, 0.2) is 18.2 Å². The van der Waals surface area contributed by atoms with E-state index in [1.807, 2.05) is 25.1 Å². The van der Waals surface area contributed by atoms with Crippen molar-refractivity contribution in [3.63, 3.8) is 0 Å². The number of benzene rings is 1. The average molecular weight is 275 g/mol. The lowest BCUT2D eigenvalue weighted by molar-refractivity contribution is 0.0740. The first-order chi connectivity index (χ1) is 9.78. The average Bonchev–Trinajstić information content (AvgIpc) is 3.14. The maximum absolute atomic E-state index is 12.2. The number of amides is 1. The smallest absolute Gasteiger partial charge is 0.295 e. The molecule has 0 saturated heterocycles. The number of nitrogens with one attached hydrogen (secondary N) is 1. The number of nitrogens with zero attached hydrogens (tertiary/aromatic N) is 4. The molecule has 0 radical (unpaired) electrons. The van der Waals surface area contributed by atoms with Crippen LogP contribution >= 0.6 is 0 Å². The fraction of sp³-hybridized carbons (Fsp3) is 0.333. The van der Waals surface area contributed by atoms with Crippen molar-refractivity contribution in [2.45, 2.75) is 13.5 Å². The maximum Gasteiger partial charge on any atom is 0.295 e. The Kier molecular flexibility index (Phi) is 3.20. The lowest BCUT2D eigenvalue weighted by Gasteiger charge is -2.19. The Morgan fingerprint density at radius 1 is 1.40 bits per heavy atom. The van der Waals surface area contributed by atoms with Crippen LogP contribution in [0.1, 0.15) is 23.1 Å².